The van der Waals surface area contributed by atoms with Crippen LogP contribution in [-0.2, 0) is 12.0 Å². The van der Waals surface area contributed by atoms with Gasteiger partial charge in [-0.15, -0.1) is 0 Å². The van der Waals surface area contributed by atoms with E-state index in [9.17, 15) is 9.50 Å². The maximum absolute atomic E-state index is 13.6. The van der Waals surface area contributed by atoms with E-state index in [0.29, 0.717) is 30.5 Å². The number of piperidine rings is 1. The summed E-state index contributed by atoms with van der Waals surface area (Å²) in [4.78, 5) is 2.33. The predicted octanol–water partition coefficient (Wildman–Crippen LogP) is 2.34. The first-order chi connectivity index (χ1) is 9.53. The van der Waals surface area contributed by atoms with Crippen LogP contribution in [0, 0.1) is 17.1 Å². The van der Waals surface area contributed by atoms with Crippen molar-refractivity contribution in [3.63, 3.8) is 0 Å². The third kappa shape index (κ3) is 2.11. The highest BCUT2D eigenvalue weighted by atomic mass is 19.1. The first-order valence-electron chi connectivity index (χ1n) is 7.14. The lowest BCUT2D eigenvalue weighted by molar-refractivity contribution is -0.0500. The molecule has 2 saturated heterocycles. The summed E-state index contributed by atoms with van der Waals surface area (Å²) in [6.07, 6.45) is 3.64. The molecule has 2 atom stereocenters. The molecule has 4 heteroatoms. The van der Waals surface area contributed by atoms with E-state index in [1.54, 1.807) is 6.07 Å². The Kier molecular flexibility index (Phi) is 3.27. The molecule has 0 spiro atoms. The van der Waals surface area contributed by atoms with Gasteiger partial charge in [0.25, 0.3) is 0 Å². The Morgan fingerprint density at radius 2 is 2.05 bits per heavy atom. The van der Waals surface area contributed by atoms with Gasteiger partial charge in [-0.2, -0.15) is 5.26 Å². The van der Waals surface area contributed by atoms with E-state index in [0.717, 1.165) is 18.4 Å². The van der Waals surface area contributed by atoms with Crippen LogP contribution in [-0.4, -0.2) is 29.1 Å². The van der Waals surface area contributed by atoms with E-state index in [2.05, 4.69) is 18.0 Å². The molecule has 0 radical (unpaired) electrons. The lowest BCUT2D eigenvalue weighted by Crippen LogP contribution is -2.48. The van der Waals surface area contributed by atoms with Gasteiger partial charge >= 0.3 is 0 Å². The van der Waals surface area contributed by atoms with Gasteiger partial charge in [-0.1, -0.05) is 6.07 Å². The fourth-order valence-electron chi connectivity index (χ4n) is 3.89. The smallest absolute Gasteiger partial charge is 0.123 e. The number of benzene rings is 1. The molecule has 1 N–H and O–H groups in total. The third-order valence-corrected chi connectivity index (χ3v) is 4.97. The van der Waals surface area contributed by atoms with Crippen LogP contribution in [0.25, 0.3) is 0 Å². The van der Waals surface area contributed by atoms with Gasteiger partial charge in [-0.3, -0.25) is 0 Å². The third-order valence-electron chi connectivity index (χ3n) is 4.97. The van der Waals surface area contributed by atoms with Crippen LogP contribution in [0.2, 0.25) is 0 Å². The number of aliphatic hydroxyl groups is 1. The Balaban J connectivity index is 2.00. The van der Waals surface area contributed by atoms with Crippen molar-refractivity contribution in [2.24, 2.45) is 0 Å². The molecule has 20 heavy (non-hydrogen) atoms. The van der Waals surface area contributed by atoms with Crippen LogP contribution in [0.5, 0.6) is 0 Å². The molecule has 106 valence electrons. The SMILES string of the molecule is CN1C2CCC1CC(O)(c1cc(F)ccc1CC#N)C2. The molecule has 2 aliphatic rings. The quantitative estimate of drug-likeness (QED) is 0.900. The summed E-state index contributed by atoms with van der Waals surface area (Å²) < 4.78 is 13.6. The fraction of sp³-hybridized carbons (Fsp3) is 0.562. The number of hydrogen-bond acceptors (Lipinski definition) is 3. The normalized spacial score (nSPS) is 33.1. The Morgan fingerprint density at radius 3 is 2.65 bits per heavy atom. The van der Waals surface area contributed by atoms with Crippen molar-refractivity contribution < 1.29 is 9.50 Å². The first-order valence-corrected chi connectivity index (χ1v) is 7.14. The highest BCUT2D eigenvalue weighted by Gasteiger charge is 2.47. The zero-order valence-corrected chi connectivity index (χ0v) is 11.6. The molecule has 2 bridgehead atoms. The monoisotopic (exact) mass is 274 g/mol. The maximum Gasteiger partial charge on any atom is 0.123 e. The van der Waals surface area contributed by atoms with Gasteiger partial charge in [-0.25, -0.2) is 4.39 Å². The topological polar surface area (TPSA) is 47.3 Å². The Bertz CT molecular complexity index is 552. The van der Waals surface area contributed by atoms with Gasteiger partial charge in [0.15, 0.2) is 0 Å². The molecule has 2 unspecified atom stereocenters. The van der Waals surface area contributed by atoms with E-state index < -0.39 is 5.60 Å². The van der Waals surface area contributed by atoms with E-state index >= 15 is 0 Å². The number of fused-ring (bicyclic) bond motifs is 2. The molecule has 0 saturated carbocycles. The summed E-state index contributed by atoms with van der Waals surface area (Å²) >= 11 is 0. The Morgan fingerprint density at radius 1 is 1.40 bits per heavy atom. The molecule has 3 rings (SSSR count). The van der Waals surface area contributed by atoms with Crippen molar-refractivity contribution in [3.05, 3.63) is 35.1 Å². The van der Waals surface area contributed by atoms with E-state index in [1.165, 1.54) is 12.1 Å². The second-order valence-corrected chi connectivity index (χ2v) is 6.13. The number of nitrogens with zero attached hydrogens (tertiary/aromatic N) is 2. The molecule has 1 aromatic rings. The summed E-state index contributed by atoms with van der Waals surface area (Å²) in [5, 5.41) is 20.0. The minimum atomic E-state index is -0.993. The molecular formula is C16H19FN2O. The molecule has 2 heterocycles. The summed E-state index contributed by atoms with van der Waals surface area (Å²) in [7, 11) is 2.10. The van der Waals surface area contributed by atoms with Gasteiger partial charge in [0.1, 0.15) is 5.82 Å². The largest absolute Gasteiger partial charge is 0.385 e. The Labute approximate surface area is 118 Å². The second-order valence-electron chi connectivity index (χ2n) is 6.13. The van der Waals surface area contributed by atoms with E-state index in [-0.39, 0.29) is 12.2 Å². The summed E-state index contributed by atoms with van der Waals surface area (Å²) in [6, 6.07) is 7.23. The first kappa shape index (κ1) is 13.5. The van der Waals surface area contributed by atoms with E-state index in [1.807, 2.05) is 0 Å². The zero-order valence-electron chi connectivity index (χ0n) is 11.6. The highest BCUT2D eigenvalue weighted by Crippen LogP contribution is 2.45. The van der Waals surface area contributed by atoms with Gasteiger partial charge in [0, 0.05) is 12.1 Å². The lowest BCUT2D eigenvalue weighted by atomic mass is 9.78. The van der Waals surface area contributed by atoms with Crippen LogP contribution in [0.3, 0.4) is 0 Å². The van der Waals surface area contributed by atoms with Gasteiger partial charge in [0.05, 0.1) is 18.1 Å². The highest BCUT2D eigenvalue weighted by molar-refractivity contribution is 5.36. The molecule has 2 aliphatic heterocycles. The molecule has 2 fully saturated rings. The van der Waals surface area contributed by atoms with Crippen LogP contribution < -0.4 is 0 Å². The average molecular weight is 274 g/mol. The Hall–Kier alpha value is -1.44. The van der Waals surface area contributed by atoms with Gasteiger partial charge in [0.2, 0.25) is 0 Å². The minimum absolute atomic E-state index is 0.211. The summed E-state index contributed by atoms with van der Waals surface area (Å²) in [5.74, 6) is -0.346. The molecule has 0 aromatic heterocycles. The van der Waals surface area contributed by atoms with Crippen molar-refractivity contribution in [2.75, 3.05) is 7.05 Å². The summed E-state index contributed by atoms with van der Waals surface area (Å²) in [5.41, 5.74) is 0.372. The molecule has 0 amide bonds. The van der Waals surface area contributed by atoms with Crippen molar-refractivity contribution in [1.29, 1.82) is 5.26 Å². The second kappa shape index (κ2) is 4.83. The van der Waals surface area contributed by atoms with E-state index in [4.69, 9.17) is 5.26 Å². The minimum Gasteiger partial charge on any atom is -0.385 e. The molecule has 0 aliphatic carbocycles. The lowest BCUT2D eigenvalue weighted by Gasteiger charge is -2.43. The maximum atomic E-state index is 13.6. The number of hydrogen-bond donors (Lipinski definition) is 1. The van der Waals surface area contributed by atoms with Gasteiger partial charge < -0.3 is 10.0 Å². The zero-order chi connectivity index (χ0) is 14.3. The standard InChI is InChI=1S/C16H19FN2O/c1-19-13-4-5-14(19)10-16(20,9-13)15-8-12(17)3-2-11(15)6-7-18/h2-3,8,13-14,20H,4-6,9-10H2,1H3. The fourth-order valence-corrected chi connectivity index (χ4v) is 3.89. The van der Waals surface area contributed by atoms with Gasteiger partial charge in [-0.05, 0) is 56.0 Å². The van der Waals surface area contributed by atoms with Crippen molar-refractivity contribution in [3.8, 4) is 6.07 Å². The average Bonchev–Trinajstić information content (AvgIpc) is 2.63. The van der Waals surface area contributed by atoms with Crippen molar-refractivity contribution in [2.45, 2.75) is 49.8 Å². The number of halogens is 1. The predicted molar refractivity (Wildman–Crippen MR) is 73.4 cm³/mol. The van der Waals surface area contributed by atoms with Crippen LogP contribution in [0.1, 0.15) is 36.8 Å². The molecular weight excluding hydrogens is 255 g/mol. The van der Waals surface area contributed by atoms with Crippen LogP contribution >= 0.6 is 0 Å². The number of nitriles is 1. The van der Waals surface area contributed by atoms with Crippen molar-refractivity contribution in [1.82, 2.24) is 4.90 Å². The molecule has 1 aromatic carbocycles. The van der Waals surface area contributed by atoms with Crippen LogP contribution in [0.15, 0.2) is 18.2 Å². The summed E-state index contributed by atoms with van der Waals surface area (Å²) in [6.45, 7) is 0. The number of rotatable bonds is 2. The van der Waals surface area contributed by atoms with Crippen molar-refractivity contribution >= 4 is 0 Å². The molecule has 3 nitrogen and oxygen atoms in total. The van der Waals surface area contributed by atoms with Crippen LogP contribution in [0.4, 0.5) is 4.39 Å².